The van der Waals surface area contributed by atoms with Gasteiger partial charge in [-0.1, -0.05) is 30.3 Å². The number of ether oxygens (including phenoxy) is 1. The van der Waals surface area contributed by atoms with Crippen LogP contribution in [0.5, 0.6) is 0 Å². The molecular weight excluding hydrogens is 376 g/mol. The van der Waals surface area contributed by atoms with E-state index in [9.17, 15) is 9.90 Å². The Morgan fingerprint density at radius 1 is 1.13 bits per heavy atom. The van der Waals surface area contributed by atoms with Crippen LogP contribution in [0.4, 0.5) is 0 Å². The molecule has 1 atom stereocenters. The standard InChI is InChI=1S/C25H30N2O3/c1-18-23(15-19-7-9-21(10-8-19)25(29)30-2)22-5-3-4-6-24(22)27(18)14-13-26-12-11-20(16-26)17-28/h3-10,20,28H,11-17H2,1-2H3. The fourth-order valence-corrected chi connectivity index (χ4v) is 4.60. The maximum atomic E-state index is 11.7. The van der Waals surface area contributed by atoms with Gasteiger partial charge in [0.05, 0.1) is 12.7 Å². The van der Waals surface area contributed by atoms with Gasteiger partial charge in [-0.2, -0.15) is 0 Å². The van der Waals surface area contributed by atoms with Crippen molar-refractivity contribution in [2.45, 2.75) is 26.3 Å². The molecule has 0 saturated carbocycles. The molecule has 5 nitrogen and oxygen atoms in total. The number of carbonyl (C=O) groups is 1. The quantitative estimate of drug-likeness (QED) is 0.609. The van der Waals surface area contributed by atoms with Gasteiger partial charge >= 0.3 is 5.97 Å². The molecule has 0 spiro atoms. The molecule has 1 fully saturated rings. The summed E-state index contributed by atoms with van der Waals surface area (Å²) in [5.41, 5.74) is 5.66. The van der Waals surface area contributed by atoms with E-state index in [0.29, 0.717) is 18.1 Å². The number of fused-ring (bicyclic) bond motifs is 1. The highest BCUT2D eigenvalue weighted by Gasteiger charge is 2.22. The van der Waals surface area contributed by atoms with E-state index in [4.69, 9.17) is 4.74 Å². The average molecular weight is 407 g/mol. The van der Waals surface area contributed by atoms with Crippen LogP contribution in [-0.2, 0) is 17.7 Å². The third-order valence-corrected chi connectivity index (χ3v) is 6.39. The molecule has 0 bridgehead atoms. The highest BCUT2D eigenvalue weighted by molar-refractivity contribution is 5.89. The predicted molar refractivity (Wildman–Crippen MR) is 119 cm³/mol. The van der Waals surface area contributed by atoms with E-state index < -0.39 is 0 Å². The largest absolute Gasteiger partial charge is 0.465 e. The normalized spacial score (nSPS) is 17.0. The molecule has 1 unspecified atom stereocenters. The Balaban J connectivity index is 1.56. The van der Waals surface area contributed by atoms with Crippen molar-refractivity contribution in [3.63, 3.8) is 0 Å². The van der Waals surface area contributed by atoms with Crippen molar-refractivity contribution in [2.24, 2.45) is 5.92 Å². The van der Waals surface area contributed by atoms with Gasteiger partial charge in [-0.3, -0.25) is 0 Å². The van der Waals surface area contributed by atoms with Crippen molar-refractivity contribution in [3.8, 4) is 0 Å². The first kappa shape index (κ1) is 20.6. The first-order valence-electron chi connectivity index (χ1n) is 10.7. The molecular formula is C25H30N2O3. The zero-order chi connectivity index (χ0) is 21.1. The SMILES string of the molecule is COC(=O)c1ccc(Cc2c(C)n(CCN3CCC(CO)C3)c3ccccc23)cc1. The number of hydrogen-bond acceptors (Lipinski definition) is 4. The predicted octanol–water partition coefficient (Wildman–Crippen LogP) is 3.64. The molecule has 1 aliphatic rings. The van der Waals surface area contributed by atoms with Crippen LogP contribution in [0.2, 0.25) is 0 Å². The summed E-state index contributed by atoms with van der Waals surface area (Å²) in [5.74, 6) is 0.121. The third-order valence-electron chi connectivity index (χ3n) is 6.39. The van der Waals surface area contributed by atoms with Crippen molar-refractivity contribution in [3.05, 3.63) is 70.9 Å². The Morgan fingerprint density at radius 2 is 1.90 bits per heavy atom. The molecule has 5 heteroatoms. The number of methoxy groups -OCH3 is 1. The minimum Gasteiger partial charge on any atom is -0.465 e. The topological polar surface area (TPSA) is 54.7 Å². The summed E-state index contributed by atoms with van der Waals surface area (Å²) in [6.45, 7) is 6.52. The molecule has 0 amide bonds. The monoisotopic (exact) mass is 406 g/mol. The second-order valence-corrected chi connectivity index (χ2v) is 8.24. The van der Waals surface area contributed by atoms with E-state index in [1.54, 1.807) is 0 Å². The van der Waals surface area contributed by atoms with Gasteiger partial charge in [0.25, 0.3) is 0 Å². The number of hydrogen-bond donors (Lipinski definition) is 1. The van der Waals surface area contributed by atoms with Crippen molar-refractivity contribution < 1.29 is 14.6 Å². The van der Waals surface area contributed by atoms with Gasteiger partial charge in [0, 0.05) is 42.8 Å². The first-order valence-corrected chi connectivity index (χ1v) is 10.7. The van der Waals surface area contributed by atoms with Gasteiger partial charge in [-0.25, -0.2) is 4.79 Å². The number of benzene rings is 2. The number of rotatable bonds is 7. The maximum absolute atomic E-state index is 11.7. The van der Waals surface area contributed by atoms with E-state index in [1.165, 1.54) is 34.8 Å². The van der Waals surface area contributed by atoms with Gasteiger partial charge in [-0.15, -0.1) is 0 Å². The van der Waals surface area contributed by atoms with Gasteiger partial charge in [0.2, 0.25) is 0 Å². The molecule has 1 saturated heterocycles. The van der Waals surface area contributed by atoms with Crippen LogP contribution in [0, 0.1) is 12.8 Å². The summed E-state index contributed by atoms with van der Waals surface area (Å²) >= 11 is 0. The van der Waals surface area contributed by atoms with Crippen LogP contribution < -0.4 is 0 Å². The summed E-state index contributed by atoms with van der Waals surface area (Å²) in [6, 6.07) is 16.3. The molecule has 4 rings (SSSR count). The molecule has 0 radical (unpaired) electrons. The Hall–Kier alpha value is -2.63. The second kappa shape index (κ2) is 9.02. The number of para-hydroxylation sites is 1. The van der Waals surface area contributed by atoms with E-state index in [0.717, 1.165) is 39.0 Å². The van der Waals surface area contributed by atoms with Crippen molar-refractivity contribution in [1.29, 1.82) is 0 Å². The van der Waals surface area contributed by atoms with Crippen molar-refractivity contribution >= 4 is 16.9 Å². The van der Waals surface area contributed by atoms with Crippen LogP contribution in [0.3, 0.4) is 0 Å². The lowest BCUT2D eigenvalue weighted by molar-refractivity contribution is 0.0600. The van der Waals surface area contributed by atoms with Crippen LogP contribution in [-0.4, -0.2) is 53.9 Å². The van der Waals surface area contributed by atoms with E-state index in [2.05, 4.69) is 40.7 Å². The molecule has 3 aromatic rings. The number of aliphatic hydroxyl groups excluding tert-OH is 1. The number of likely N-dealkylation sites (tertiary alicyclic amines) is 1. The number of esters is 1. The number of aliphatic hydroxyl groups is 1. The van der Waals surface area contributed by atoms with E-state index in [-0.39, 0.29) is 5.97 Å². The molecule has 2 aromatic carbocycles. The Morgan fingerprint density at radius 3 is 2.60 bits per heavy atom. The average Bonchev–Trinajstić information content (AvgIpc) is 3.35. The van der Waals surface area contributed by atoms with Crippen LogP contribution in [0.15, 0.2) is 48.5 Å². The summed E-state index contributed by atoms with van der Waals surface area (Å²) in [6.07, 6.45) is 1.92. The van der Waals surface area contributed by atoms with Crippen LogP contribution >= 0.6 is 0 Å². The second-order valence-electron chi connectivity index (χ2n) is 8.24. The Bertz CT molecular complexity index is 1020. The maximum Gasteiger partial charge on any atom is 0.337 e. The molecule has 158 valence electrons. The number of nitrogens with zero attached hydrogens (tertiary/aromatic N) is 2. The highest BCUT2D eigenvalue weighted by atomic mass is 16.5. The van der Waals surface area contributed by atoms with Crippen LogP contribution in [0.25, 0.3) is 10.9 Å². The molecule has 1 aliphatic heterocycles. The Kier molecular flexibility index (Phi) is 6.21. The van der Waals surface area contributed by atoms with Crippen molar-refractivity contribution in [2.75, 3.05) is 33.4 Å². The van der Waals surface area contributed by atoms with Gasteiger partial charge in [0.1, 0.15) is 0 Å². The van der Waals surface area contributed by atoms with Crippen LogP contribution in [0.1, 0.15) is 33.6 Å². The molecule has 30 heavy (non-hydrogen) atoms. The number of aromatic nitrogens is 1. The molecule has 2 heterocycles. The highest BCUT2D eigenvalue weighted by Crippen LogP contribution is 2.28. The van der Waals surface area contributed by atoms with E-state index >= 15 is 0 Å². The first-order chi connectivity index (χ1) is 14.6. The third kappa shape index (κ3) is 4.13. The zero-order valence-electron chi connectivity index (χ0n) is 17.8. The minimum absolute atomic E-state index is 0.293. The number of carbonyl (C=O) groups excluding carboxylic acids is 1. The zero-order valence-corrected chi connectivity index (χ0v) is 17.8. The van der Waals surface area contributed by atoms with Gasteiger partial charge in [0.15, 0.2) is 0 Å². The van der Waals surface area contributed by atoms with Gasteiger partial charge in [-0.05, 0) is 61.6 Å². The lowest BCUT2D eigenvalue weighted by atomic mass is 10.0. The molecule has 0 aliphatic carbocycles. The minimum atomic E-state index is -0.306. The summed E-state index contributed by atoms with van der Waals surface area (Å²) in [5, 5.41) is 10.7. The fourth-order valence-electron chi connectivity index (χ4n) is 4.60. The summed E-state index contributed by atoms with van der Waals surface area (Å²) in [7, 11) is 1.40. The lowest BCUT2D eigenvalue weighted by Crippen LogP contribution is -2.26. The van der Waals surface area contributed by atoms with E-state index in [1.807, 2.05) is 24.3 Å². The Labute approximate surface area is 177 Å². The smallest absolute Gasteiger partial charge is 0.337 e. The molecule has 1 N–H and O–H groups in total. The lowest BCUT2D eigenvalue weighted by Gasteiger charge is -2.17. The fraction of sp³-hybridized carbons (Fsp3) is 0.400. The summed E-state index contributed by atoms with van der Waals surface area (Å²) < 4.78 is 7.23. The summed E-state index contributed by atoms with van der Waals surface area (Å²) in [4.78, 5) is 14.2. The molecule has 1 aromatic heterocycles. The van der Waals surface area contributed by atoms with Gasteiger partial charge < -0.3 is 19.3 Å². The van der Waals surface area contributed by atoms with Crippen molar-refractivity contribution in [1.82, 2.24) is 9.47 Å².